The number of anilines is 2. The van der Waals surface area contributed by atoms with E-state index in [4.69, 9.17) is 4.74 Å². The highest BCUT2D eigenvalue weighted by Crippen LogP contribution is 2.21. The van der Waals surface area contributed by atoms with E-state index in [1.807, 2.05) is 30.0 Å². The molecule has 1 saturated heterocycles. The first kappa shape index (κ1) is 20.3. The maximum absolute atomic E-state index is 13.2. The van der Waals surface area contributed by atoms with Crippen LogP contribution in [0.5, 0.6) is 0 Å². The Morgan fingerprint density at radius 2 is 1.94 bits per heavy atom. The van der Waals surface area contributed by atoms with Gasteiger partial charge in [0.05, 0.1) is 18.8 Å². The Bertz CT molecular complexity index is 1250. The first-order chi connectivity index (χ1) is 15.1. The number of carbonyl (C=O) groups excluding carboxylic acids is 1. The minimum atomic E-state index is -0.586. The lowest BCUT2D eigenvalue weighted by Crippen LogP contribution is -2.38. The van der Waals surface area contributed by atoms with Crippen LogP contribution in [0.2, 0.25) is 0 Å². The number of morpholine rings is 1. The number of nitrogens with zero attached hydrogens (tertiary/aromatic N) is 4. The van der Waals surface area contributed by atoms with Crippen LogP contribution in [0.25, 0.3) is 11.7 Å². The molecule has 1 fully saturated rings. The summed E-state index contributed by atoms with van der Waals surface area (Å²) < 4.78 is 6.81. The molecule has 31 heavy (non-hydrogen) atoms. The summed E-state index contributed by atoms with van der Waals surface area (Å²) in [6.45, 7) is 4.09. The van der Waals surface area contributed by atoms with E-state index in [1.165, 1.54) is 10.5 Å². The average Bonchev–Trinajstić information content (AvgIpc) is 2.80. The Hall–Kier alpha value is -3.96. The Kier molecular flexibility index (Phi) is 5.78. The lowest BCUT2D eigenvalue weighted by molar-refractivity contribution is -0.112. The molecule has 1 amide bonds. The smallest absolute Gasteiger partial charge is 0.267 e. The number of aromatic nitrogens is 2. The molecule has 3 aromatic rings. The van der Waals surface area contributed by atoms with E-state index in [0.717, 1.165) is 5.56 Å². The van der Waals surface area contributed by atoms with Crippen molar-refractivity contribution in [1.29, 1.82) is 5.26 Å². The predicted molar refractivity (Wildman–Crippen MR) is 118 cm³/mol. The molecule has 1 aromatic carbocycles. The second-order valence-electron chi connectivity index (χ2n) is 7.17. The van der Waals surface area contributed by atoms with Gasteiger partial charge in [0.2, 0.25) is 0 Å². The third kappa shape index (κ3) is 4.32. The minimum Gasteiger partial charge on any atom is -0.378 e. The fourth-order valence-electron chi connectivity index (χ4n) is 3.36. The molecule has 3 heterocycles. The van der Waals surface area contributed by atoms with E-state index < -0.39 is 5.91 Å². The van der Waals surface area contributed by atoms with Crippen LogP contribution in [-0.4, -0.2) is 41.6 Å². The molecule has 156 valence electrons. The predicted octanol–water partition coefficient (Wildman–Crippen LogP) is 2.39. The van der Waals surface area contributed by atoms with Gasteiger partial charge in [0.25, 0.3) is 11.5 Å². The molecule has 8 heteroatoms. The van der Waals surface area contributed by atoms with Crippen molar-refractivity contribution in [1.82, 2.24) is 9.38 Å². The zero-order valence-corrected chi connectivity index (χ0v) is 17.0. The van der Waals surface area contributed by atoms with Crippen molar-refractivity contribution in [2.45, 2.75) is 6.92 Å². The third-order valence-corrected chi connectivity index (χ3v) is 5.02. The highest BCUT2D eigenvalue weighted by Gasteiger charge is 2.21. The summed E-state index contributed by atoms with van der Waals surface area (Å²) in [5.74, 6) is -0.146. The van der Waals surface area contributed by atoms with Gasteiger partial charge < -0.3 is 15.0 Å². The van der Waals surface area contributed by atoms with Crippen molar-refractivity contribution in [3.63, 3.8) is 0 Å². The van der Waals surface area contributed by atoms with Crippen molar-refractivity contribution in [2.75, 3.05) is 36.5 Å². The number of hydrogen-bond acceptors (Lipinski definition) is 6. The number of aryl methyl sites for hydroxylation is 1. The lowest BCUT2D eigenvalue weighted by atomic mass is 10.1. The quantitative estimate of drug-likeness (QED) is 0.519. The summed E-state index contributed by atoms with van der Waals surface area (Å²) >= 11 is 0. The van der Waals surface area contributed by atoms with Gasteiger partial charge in [0.1, 0.15) is 23.1 Å². The summed E-state index contributed by atoms with van der Waals surface area (Å²) in [5, 5.41) is 12.3. The van der Waals surface area contributed by atoms with Crippen molar-refractivity contribution in [3.05, 3.63) is 75.7 Å². The van der Waals surface area contributed by atoms with Crippen molar-refractivity contribution >= 4 is 29.1 Å². The van der Waals surface area contributed by atoms with Crippen molar-refractivity contribution in [3.8, 4) is 6.07 Å². The van der Waals surface area contributed by atoms with Gasteiger partial charge in [-0.1, -0.05) is 23.8 Å². The zero-order chi connectivity index (χ0) is 21.8. The van der Waals surface area contributed by atoms with Crippen LogP contribution in [0.4, 0.5) is 11.5 Å². The normalized spacial score (nSPS) is 14.3. The number of pyridine rings is 1. The van der Waals surface area contributed by atoms with Gasteiger partial charge >= 0.3 is 0 Å². The fourth-order valence-corrected chi connectivity index (χ4v) is 3.36. The highest BCUT2D eigenvalue weighted by molar-refractivity contribution is 6.10. The maximum Gasteiger partial charge on any atom is 0.267 e. The Labute approximate surface area is 179 Å². The highest BCUT2D eigenvalue weighted by atomic mass is 16.5. The zero-order valence-electron chi connectivity index (χ0n) is 17.0. The third-order valence-electron chi connectivity index (χ3n) is 5.02. The van der Waals surface area contributed by atoms with E-state index in [2.05, 4.69) is 10.3 Å². The molecule has 1 aliphatic heterocycles. The SMILES string of the molecule is Cc1ccc(NC(=O)C(C#N)=Cc2c(N3CCOCC3)nc3ccccn3c2=O)cc1. The summed E-state index contributed by atoms with van der Waals surface area (Å²) in [4.78, 5) is 32.6. The van der Waals surface area contributed by atoms with E-state index in [0.29, 0.717) is 43.5 Å². The first-order valence-electron chi connectivity index (χ1n) is 9.91. The molecular weight excluding hydrogens is 394 g/mol. The second kappa shape index (κ2) is 8.81. The first-order valence-corrected chi connectivity index (χ1v) is 9.91. The van der Waals surface area contributed by atoms with E-state index in [9.17, 15) is 14.9 Å². The molecule has 0 radical (unpaired) electrons. The van der Waals surface area contributed by atoms with Crippen LogP contribution in [0.3, 0.4) is 0 Å². The van der Waals surface area contributed by atoms with Gasteiger partial charge in [0, 0.05) is 25.0 Å². The molecule has 1 N–H and O–H groups in total. The molecule has 1 aliphatic rings. The number of fused-ring (bicyclic) bond motifs is 1. The maximum atomic E-state index is 13.2. The number of benzene rings is 1. The lowest BCUT2D eigenvalue weighted by Gasteiger charge is -2.29. The molecule has 0 saturated carbocycles. The number of amides is 1. The monoisotopic (exact) mass is 415 g/mol. The van der Waals surface area contributed by atoms with Gasteiger partial charge in [-0.15, -0.1) is 0 Å². The average molecular weight is 415 g/mol. The number of nitrogens with one attached hydrogen (secondary N) is 1. The van der Waals surface area contributed by atoms with Crippen LogP contribution >= 0.6 is 0 Å². The number of nitriles is 1. The van der Waals surface area contributed by atoms with Crippen LogP contribution in [0, 0.1) is 18.3 Å². The Morgan fingerprint density at radius 1 is 1.19 bits per heavy atom. The van der Waals surface area contributed by atoms with Crippen molar-refractivity contribution < 1.29 is 9.53 Å². The number of carbonyl (C=O) groups is 1. The van der Waals surface area contributed by atoms with Crippen LogP contribution in [-0.2, 0) is 9.53 Å². The largest absolute Gasteiger partial charge is 0.378 e. The molecule has 0 aliphatic carbocycles. The summed E-state index contributed by atoms with van der Waals surface area (Å²) in [6.07, 6.45) is 2.94. The van der Waals surface area contributed by atoms with Gasteiger partial charge in [-0.25, -0.2) is 4.98 Å². The summed E-state index contributed by atoms with van der Waals surface area (Å²) in [6, 6.07) is 14.4. The summed E-state index contributed by atoms with van der Waals surface area (Å²) in [7, 11) is 0. The van der Waals surface area contributed by atoms with Crippen LogP contribution in [0.15, 0.2) is 59.0 Å². The van der Waals surface area contributed by atoms with Crippen LogP contribution < -0.4 is 15.8 Å². The number of hydrogen-bond donors (Lipinski definition) is 1. The van der Waals surface area contributed by atoms with E-state index >= 15 is 0 Å². The number of ether oxygens (including phenoxy) is 1. The van der Waals surface area contributed by atoms with Gasteiger partial charge in [0.15, 0.2) is 0 Å². The van der Waals surface area contributed by atoms with Crippen LogP contribution in [0.1, 0.15) is 11.1 Å². The molecule has 4 rings (SSSR count). The number of rotatable bonds is 4. The van der Waals surface area contributed by atoms with Crippen molar-refractivity contribution in [2.24, 2.45) is 0 Å². The second-order valence-corrected chi connectivity index (χ2v) is 7.17. The Morgan fingerprint density at radius 3 is 2.65 bits per heavy atom. The molecule has 2 aromatic heterocycles. The fraction of sp³-hybridized carbons (Fsp3) is 0.217. The standard InChI is InChI=1S/C23H21N5O3/c1-16-5-7-18(8-6-16)25-22(29)17(15-24)14-19-21(27-10-12-31-13-11-27)26-20-4-2-3-9-28(20)23(19)30/h2-9,14H,10-13H2,1H3,(H,25,29). The minimum absolute atomic E-state index is 0.176. The molecule has 0 bridgehead atoms. The van der Waals surface area contributed by atoms with E-state index in [-0.39, 0.29) is 16.7 Å². The van der Waals surface area contributed by atoms with Gasteiger partial charge in [-0.3, -0.25) is 14.0 Å². The Balaban J connectivity index is 1.78. The molecule has 0 unspecified atom stereocenters. The summed E-state index contributed by atoms with van der Waals surface area (Å²) in [5.41, 5.74) is 1.79. The van der Waals surface area contributed by atoms with E-state index in [1.54, 1.807) is 36.5 Å². The van der Waals surface area contributed by atoms with Gasteiger partial charge in [-0.2, -0.15) is 5.26 Å². The van der Waals surface area contributed by atoms with Gasteiger partial charge in [-0.05, 0) is 37.3 Å². The topological polar surface area (TPSA) is 99.7 Å². The molecular formula is C23H21N5O3. The molecule has 8 nitrogen and oxygen atoms in total. The molecule has 0 atom stereocenters. The molecule has 0 spiro atoms.